The highest BCUT2D eigenvalue weighted by molar-refractivity contribution is 6.32. The van der Waals surface area contributed by atoms with Crippen molar-refractivity contribution in [1.29, 1.82) is 5.41 Å². The number of anilines is 2. The van der Waals surface area contributed by atoms with Gasteiger partial charge in [0.15, 0.2) is 5.82 Å². The molecule has 0 unspecified atom stereocenters. The van der Waals surface area contributed by atoms with E-state index in [4.69, 9.17) is 27.5 Å². The summed E-state index contributed by atoms with van der Waals surface area (Å²) < 4.78 is 5.44. The molecule has 1 aromatic rings. The SMILES string of the molecule is CC/C(N)=C1\Nc2ncc(Cl)c(n2)N[C@H](C)CCOC1=N. The number of aromatic nitrogens is 2. The number of halogens is 1. The van der Waals surface area contributed by atoms with Gasteiger partial charge < -0.3 is 21.1 Å². The van der Waals surface area contributed by atoms with E-state index in [1.807, 2.05) is 13.8 Å². The molecule has 0 spiro atoms. The molecule has 7 nitrogen and oxygen atoms in total. The maximum atomic E-state index is 8.01. The Morgan fingerprint density at radius 3 is 3.10 bits per heavy atom. The molecule has 0 fully saturated rings. The first kappa shape index (κ1) is 15.4. The number of nitrogens with one attached hydrogen (secondary N) is 3. The van der Waals surface area contributed by atoms with Crippen molar-refractivity contribution < 1.29 is 4.74 Å². The van der Waals surface area contributed by atoms with Crippen molar-refractivity contribution in [2.45, 2.75) is 32.7 Å². The lowest BCUT2D eigenvalue weighted by atomic mass is 10.2. The van der Waals surface area contributed by atoms with Crippen molar-refractivity contribution in [3.8, 4) is 0 Å². The van der Waals surface area contributed by atoms with Crippen LogP contribution >= 0.6 is 11.6 Å². The second-order valence-electron chi connectivity index (χ2n) is 4.78. The first-order valence-electron chi connectivity index (χ1n) is 6.77. The normalized spacial score (nSPS) is 21.5. The van der Waals surface area contributed by atoms with E-state index in [1.165, 1.54) is 6.20 Å². The fourth-order valence-corrected chi connectivity index (χ4v) is 1.96. The van der Waals surface area contributed by atoms with Crippen LogP contribution in [0.2, 0.25) is 5.02 Å². The molecular formula is C13H19ClN6O. The predicted octanol–water partition coefficient (Wildman–Crippen LogP) is 2.32. The molecule has 2 heterocycles. The minimum atomic E-state index is -0.0106. The van der Waals surface area contributed by atoms with Gasteiger partial charge in [-0.3, -0.25) is 5.41 Å². The van der Waals surface area contributed by atoms with Gasteiger partial charge in [-0.1, -0.05) is 18.5 Å². The average Bonchev–Trinajstić information content (AvgIpc) is 2.48. The van der Waals surface area contributed by atoms with E-state index in [0.717, 1.165) is 0 Å². The molecule has 5 N–H and O–H groups in total. The molecule has 2 rings (SSSR count). The van der Waals surface area contributed by atoms with Gasteiger partial charge in [-0.15, -0.1) is 0 Å². The van der Waals surface area contributed by atoms with Crippen LogP contribution in [0.5, 0.6) is 0 Å². The van der Waals surface area contributed by atoms with Gasteiger partial charge in [0.05, 0.1) is 12.8 Å². The van der Waals surface area contributed by atoms with Gasteiger partial charge in [0.25, 0.3) is 0 Å². The summed E-state index contributed by atoms with van der Waals surface area (Å²) in [5, 5.41) is 14.6. The summed E-state index contributed by atoms with van der Waals surface area (Å²) in [5.74, 6) is 0.851. The van der Waals surface area contributed by atoms with E-state index in [9.17, 15) is 0 Å². The van der Waals surface area contributed by atoms with Crippen LogP contribution in [-0.2, 0) is 4.74 Å². The topological polar surface area (TPSA) is 109 Å². The first-order valence-corrected chi connectivity index (χ1v) is 7.15. The highest BCUT2D eigenvalue weighted by atomic mass is 35.5. The van der Waals surface area contributed by atoms with Crippen molar-refractivity contribution in [2.24, 2.45) is 5.73 Å². The summed E-state index contributed by atoms with van der Waals surface area (Å²) in [6, 6.07) is 0.104. The van der Waals surface area contributed by atoms with Crippen molar-refractivity contribution >= 4 is 29.3 Å². The summed E-state index contributed by atoms with van der Waals surface area (Å²) in [5.41, 5.74) is 6.85. The van der Waals surface area contributed by atoms with Crippen LogP contribution in [0.25, 0.3) is 0 Å². The molecule has 0 radical (unpaired) electrons. The number of fused-ring (bicyclic) bond motifs is 2. The van der Waals surface area contributed by atoms with Crippen molar-refractivity contribution in [2.75, 3.05) is 17.2 Å². The Bertz CT molecular complexity index is 574. The largest absolute Gasteiger partial charge is 0.476 e. The van der Waals surface area contributed by atoms with Crippen molar-refractivity contribution in [1.82, 2.24) is 9.97 Å². The third-order valence-electron chi connectivity index (χ3n) is 3.09. The zero-order valence-electron chi connectivity index (χ0n) is 12.0. The molecule has 1 aliphatic rings. The Labute approximate surface area is 128 Å². The highest BCUT2D eigenvalue weighted by Gasteiger charge is 2.17. The van der Waals surface area contributed by atoms with Crippen LogP contribution in [-0.4, -0.2) is 28.5 Å². The van der Waals surface area contributed by atoms with Gasteiger partial charge in [-0.05, 0) is 13.3 Å². The van der Waals surface area contributed by atoms with Crippen LogP contribution in [0.15, 0.2) is 17.6 Å². The van der Waals surface area contributed by atoms with Gasteiger partial charge in [0.1, 0.15) is 10.7 Å². The number of rotatable bonds is 1. The zero-order chi connectivity index (χ0) is 15.4. The number of ether oxygens (including phenoxy) is 1. The molecule has 0 saturated carbocycles. The molecule has 114 valence electrons. The van der Waals surface area contributed by atoms with E-state index < -0.39 is 0 Å². The van der Waals surface area contributed by atoms with Gasteiger partial charge in [-0.25, -0.2) is 4.98 Å². The number of nitrogens with two attached hydrogens (primary N) is 1. The average molecular weight is 311 g/mol. The summed E-state index contributed by atoms with van der Waals surface area (Å²) >= 11 is 6.09. The Balaban J connectivity index is 2.42. The molecule has 0 amide bonds. The van der Waals surface area contributed by atoms with Crippen LogP contribution in [0.3, 0.4) is 0 Å². The Morgan fingerprint density at radius 2 is 2.38 bits per heavy atom. The second kappa shape index (κ2) is 6.62. The molecule has 1 aromatic heterocycles. The Morgan fingerprint density at radius 1 is 1.62 bits per heavy atom. The predicted molar refractivity (Wildman–Crippen MR) is 83.5 cm³/mol. The standard InChI is InChI=1S/C13H19ClN6O/c1-3-9(15)10-11(16)21-5-4-7(2)18-12-8(14)6-17-13(19-10)20-12/h6-7,16H,3-5,15H2,1-2H3,(H2,17,18,19,20)/b10-9+,16-11?/t7-/m1/s1. The van der Waals surface area contributed by atoms with E-state index >= 15 is 0 Å². The monoisotopic (exact) mass is 310 g/mol. The quantitative estimate of drug-likeness (QED) is 0.634. The third kappa shape index (κ3) is 3.75. The van der Waals surface area contributed by atoms with E-state index in [1.54, 1.807) is 0 Å². The summed E-state index contributed by atoms with van der Waals surface area (Å²) in [7, 11) is 0. The van der Waals surface area contributed by atoms with Crippen molar-refractivity contribution in [3.05, 3.63) is 22.6 Å². The number of allylic oxidation sites excluding steroid dienone is 1. The minimum Gasteiger partial charge on any atom is -0.476 e. The molecule has 1 aliphatic heterocycles. The molecule has 0 aliphatic carbocycles. The van der Waals surface area contributed by atoms with Gasteiger partial charge in [-0.2, -0.15) is 4.98 Å². The highest BCUT2D eigenvalue weighted by Crippen LogP contribution is 2.22. The van der Waals surface area contributed by atoms with Crippen LogP contribution in [0.1, 0.15) is 26.7 Å². The van der Waals surface area contributed by atoms with E-state index in [0.29, 0.717) is 47.6 Å². The summed E-state index contributed by atoms with van der Waals surface area (Å²) in [6.07, 6.45) is 2.80. The van der Waals surface area contributed by atoms with Crippen molar-refractivity contribution in [3.63, 3.8) is 0 Å². The number of hydrogen-bond acceptors (Lipinski definition) is 7. The molecule has 0 saturated heterocycles. The molecule has 1 atom stereocenters. The fraction of sp³-hybridized carbons (Fsp3) is 0.462. The molecule has 0 aromatic carbocycles. The second-order valence-corrected chi connectivity index (χ2v) is 5.19. The van der Waals surface area contributed by atoms with E-state index in [2.05, 4.69) is 20.6 Å². The lowest BCUT2D eigenvalue weighted by molar-refractivity contribution is 0.289. The van der Waals surface area contributed by atoms with Crippen LogP contribution in [0, 0.1) is 5.41 Å². The number of hydrogen-bond donors (Lipinski definition) is 4. The zero-order valence-corrected chi connectivity index (χ0v) is 12.8. The lowest BCUT2D eigenvalue weighted by Gasteiger charge is -2.15. The molecule has 8 heteroatoms. The van der Waals surface area contributed by atoms with Gasteiger partial charge in [0, 0.05) is 18.2 Å². The Hall–Kier alpha value is -2.02. The maximum absolute atomic E-state index is 8.01. The summed E-state index contributed by atoms with van der Waals surface area (Å²) in [4.78, 5) is 8.42. The maximum Gasteiger partial charge on any atom is 0.232 e. The van der Waals surface area contributed by atoms with Crippen LogP contribution < -0.4 is 16.4 Å². The third-order valence-corrected chi connectivity index (χ3v) is 3.37. The fourth-order valence-electron chi connectivity index (χ4n) is 1.82. The van der Waals surface area contributed by atoms with Crippen LogP contribution in [0.4, 0.5) is 11.8 Å². The van der Waals surface area contributed by atoms with E-state index in [-0.39, 0.29) is 11.9 Å². The van der Waals surface area contributed by atoms with Gasteiger partial charge >= 0.3 is 0 Å². The smallest absolute Gasteiger partial charge is 0.232 e. The molecular weight excluding hydrogens is 292 g/mol. The van der Waals surface area contributed by atoms with Gasteiger partial charge in [0.2, 0.25) is 11.8 Å². The summed E-state index contributed by atoms with van der Waals surface area (Å²) in [6.45, 7) is 4.30. The lowest BCUT2D eigenvalue weighted by Crippen LogP contribution is -2.21. The Kier molecular flexibility index (Phi) is 4.85. The molecule has 21 heavy (non-hydrogen) atoms. The minimum absolute atomic E-state index is 0.0106. The molecule has 2 bridgehead atoms. The first-order chi connectivity index (χ1) is 10.0. The number of nitrogens with zero attached hydrogens (tertiary/aromatic N) is 2.